The van der Waals surface area contributed by atoms with Crippen molar-refractivity contribution in [3.8, 4) is 0 Å². The number of ether oxygens (including phenoxy) is 1. The van der Waals surface area contributed by atoms with Gasteiger partial charge in [0.1, 0.15) is 0 Å². The summed E-state index contributed by atoms with van der Waals surface area (Å²) in [5.74, 6) is 0.0740. The lowest BCUT2D eigenvalue weighted by molar-refractivity contribution is -0.135. The Morgan fingerprint density at radius 2 is 2.26 bits per heavy atom. The predicted molar refractivity (Wildman–Crippen MR) is 68.3 cm³/mol. The van der Waals surface area contributed by atoms with Gasteiger partial charge >= 0.3 is 0 Å². The van der Waals surface area contributed by atoms with Gasteiger partial charge in [-0.1, -0.05) is 0 Å². The van der Waals surface area contributed by atoms with Gasteiger partial charge in [-0.3, -0.25) is 9.59 Å². The lowest BCUT2D eigenvalue weighted by Crippen LogP contribution is -2.36. The largest absolute Gasteiger partial charge is 0.396 e. The molecule has 2 fully saturated rings. The Morgan fingerprint density at radius 3 is 2.89 bits per heavy atom. The van der Waals surface area contributed by atoms with Crippen LogP contribution in [0.3, 0.4) is 0 Å². The molecule has 0 aromatic heterocycles. The topological polar surface area (TPSA) is 70.1 Å². The molecule has 6 nitrogen and oxygen atoms in total. The third-order valence-corrected chi connectivity index (χ3v) is 3.98. The molecule has 2 unspecified atom stereocenters. The van der Waals surface area contributed by atoms with E-state index < -0.39 is 0 Å². The zero-order chi connectivity index (χ0) is 13.8. The van der Waals surface area contributed by atoms with Gasteiger partial charge in [-0.2, -0.15) is 0 Å². The van der Waals surface area contributed by atoms with E-state index in [2.05, 4.69) is 0 Å². The quantitative estimate of drug-likeness (QED) is 0.719. The molecule has 0 aromatic carbocycles. The molecule has 0 aromatic rings. The van der Waals surface area contributed by atoms with E-state index in [1.54, 1.807) is 16.9 Å². The molecule has 0 radical (unpaired) electrons. The third kappa shape index (κ3) is 3.25. The highest BCUT2D eigenvalue weighted by atomic mass is 16.5. The van der Waals surface area contributed by atoms with E-state index in [0.717, 1.165) is 6.42 Å². The number of amides is 2. The minimum Gasteiger partial charge on any atom is -0.396 e. The van der Waals surface area contributed by atoms with E-state index >= 15 is 0 Å². The van der Waals surface area contributed by atoms with Crippen LogP contribution in [0.25, 0.3) is 0 Å². The Kier molecular flexibility index (Phi) is 4.76. The summed E-state index contributed by atoms with van der Waals surface area (Å²) in [4.78, 5) is 27.6. The van der Waals surface area contributed by atoms with Crippen LogP contribution in [-0.4, -0.2) is 73.2 Å². The van der Waals surface area contributed by atoms with Gasteiger partial charge in [-0.15, -0.1) is 0 Å². The first kappa shape index (κ1) is 14.3. The number of hydrogen-bond donors (Lipinski definition) is 1. The molecular formula is C13H22N2O4. The van der Waals surface area contributed by atoms with Crippen LogP contribution in [0.5, 0.6) is 0 Å². The van der Waals surface area contributed by atoms with Gasteiger partial charge in [-0.25, -0.2) is 0 Å². The third-order valence-electron chi connectivity index (χ3n) is 3.98. The van der Waals surface area contributed by atoms with Crippen molar-refractivity contribution in [3.05, 3.63) is 0 Å². The standard InChI is InChI=1S/C13H22N2O4/c1-19-5-4-14-8-11(6-12(14)17)13(18)15-3-2-10(7-15)9-16/h10-11,16H,2-9H2,1H3. The van der Waals surface area contributed by atoms with E-state index in [1.165, 1.54) is 0 Å². The van der Waals surface area contributed by atoms with Crippen molar-refractivity contribution in [1.82, 2.24) is 9.80 Å². The summed E-state index contributed by atoms with van der Waals surface area (Å²) in [6, 6.07) is 0. The molecule has 2 saturated heterocycles. The number of aliphatic hydroxyl groups is 1. The fraction of sp³-hybridized carbons (Fsp3) is 0.846. The summed E-state index contributed by atoms with van der Waals surface area (Å²) < 4.78 is 4.96. The predicted octanol–water partition coefficient (Wildman–Crippen LogP) is -0.678. The molecule has 2 aliphatic rings. The first-order chi connectivity index (χ1) is 9.15. The van der Waals surface area contributed by atoms with Crippen molar-refractivity contribution in [2.24, 2.45) is 11.8 Å². The first-order valence-corrected chi connectivity index (χ1v) is 6.82. The second kappa shape index (κ2) is 6.34. The molecule has 0 aliphatic carbocycles. The van der Waals surface area contributed by atoms with Gasteiger partial charge in [-0.05, 0) is 6.42 Å². The summed E-state index contributed by atoms with van der Waals surface area (Å²) in [7, 11) is 1.60. The number of carbonyl (C=O) groups excluding carboxylic acids is 2. The highest BCUT2D eigenvalue weighted by molar-refractivity contribution is 5.89. The number of likely N-dealkylation sites (tertiary alicyclic amines) is 2. The van der Waals surface area contributed by atoms with E-state index in [-0.39, 0.29) is 30.3 Å². The van der Waals surface area contributed by atoms with Gasteiger partial charge < -0.3 is 19.6 Å². The second-order valence-electron chi connectivity index (χ2n) is 5.36. The minimum absolute atomic E-state index is 0.0355. The smallest absolute Gasteiger partial charge is 0.228 e. The van der Waals surface area contributed by atoms with Crippen LogP contribution in [0.2, 0.25) is 0 Å². The molecular weight excluding hydrogens is 248 g/mol. The molecule has 2 atom stereocenters. The Hall–Kier alpha value is -1.14. The molecule has 108 valence electrons. The van der Waals surface area contributed by atoms with Crippen LogP contribution in [0.4, 0.5) is 0 Å². The molecule has 1 N–H and O–H groups in total. The van der Waals surface area contributed by atoms with Crippen LogP contribution >= 0.6 is 0 Å². The summed E-state index contributed by atoms with van der Waals surface area (Å²) >= 11 is 0. The summed E-state index contributed by atoms with van der Waals surface area (Å²) in [6.07, 6.45) is 1.17. The van der Waals surface area contributed by atoms with E-state index in [0.29, 0.717) is 39.2 Å². The summed E-state index contributed by atoms with van der Waals surface area (Å²) in [6.45, 7) is 3.01. The number of nitrogens with zero attached hydrogens (tertiary/aromatic N) is 2. The van der Waals surface area contributed by atoms with Crippen LogP contribution in [0.15, 0.2) is 0 Å². The van der Waals surface area contributed by atoms with Crippen LogP contribution in [0.1, 0.15) is 12.8 Å². The molecule has 19 heavy (non-hydrogen) atoms. The van der Waals surface area contributed by atoms with Gasteiger partial charge in [0, 0.05) is 52.2 Å². The van der Waals surface area contributed by atoms with Crippen molar-refractivity contribution < 1.29 is 19.4 Å². The van der Waals surface area contributed by atoms with Crippen LogP contribution < -0.4 is 0 Å². The minimum atomic E-state index is -0.221. The molecule has 0 saturated carbocycles. The summed E-state index contributed by atoms with van der Waals surface area (Å²) in [5.41, 5.74) is 0. The average molecular weight is 270 g/mol. The van der Waals surface area contributed by atoms with Crippen molar-refractivity contribution in [1.29, 1.82) is 0 Å². The van der Waals surface area contributed by atoms with E-state index in [9.17, 15) is 9.59 Å². The lowest BCUT2D eigenvalue weighted by Gasteiger charge is -2.20. The maximum Gasteiger partial charge on any atom is 0.228 e. The molecule has 0 bridgehead atoms. The van der Waals surface area contributed by atoms with Gasteiger partial charge in [0.15, 0.2) is 0 Å². The number of rotatable bonds is 5. The maximum absolute atomic E-state index is 12.3. The van der Waals surface area contributed by atoms with Gasteiger partial charge in [0.25, 0.3) is 0 Å². The van der Waals surface area contributed by atoms with E-state index in [1.807, 2.05) is 0 Å². The fourth-order valence-electron chi connectivity index (χ4n) is 2.80. The number of hydrogen-bond acceptors (Lipinski definition) is 4. The summed E-state index contributed by atoms with van der Waals surface area (Å²) in [5, 5.41) is 9.10. The zero-order valence-electron chi connectivity index (χ0n) is 11.4. The van der Waals surface area contributed by atoms with Gasteiger partial charge in [0.2, 0.25) is 11.8 Å². The molecule has 2 heterocycles. The Labute approximate surface area is 113 Å². The van der Waals surface area contributed by atoms with Crippen molar-refractivity contribution in [2.75, 3.05) is 46.5 Å². The van der Waals surface area contributed by atoms with E-state index in [4.69, 9.17) is 9.84 Å². The molecule has 2 rings (SSSR count). The van der Waals surface area contributed by atoms with Crippen molar-refractivity contribution in [3.63, 3.8) is 0 Å². The number of carbonyl (C=O) groups is 2. The highest BCUT2D eigenvalue weighted by Crippen LogP contribution is 2.23. The van der Waals surface area contributed by atoms with Gasteiger partial charge in [0.05, 0.1) is 12.5 Å². The van der Waals surface area contributed by atoms with Crippen LogP contribution in [-0.2, 0) is 14.3 Å². The second-order valence-corrected chi connectivity index (χ2v) is 5.36. The van der Waals surface area contributed by atoms with Crippen molar-refractivity contribution >= 4 is 11.8 Å². The first-order valence-electron chi connectivity index (χ1n) is 6.82. The Morgan fingerprint density at radius 1 is 1.47 bits per heavy atom. The zero-order valence-corrected chi connectivity index (χ0v) is 11.4. The Balaban J connectivity index is 1.86. The molecule has 0 spiro atoms. The van der Waals surface area contributed by atoms with Crippen LogP contribution in [0, 0.1) is 11.8 Å². The highest BCUT2D eigenvalue weighted by Gasteiger charge is 2.38. The van der Waals surface area contributed by atoms with Crippen molar-refractivity contribution in [2.45, 2.75) is 12.8 Å². The average Bonchev–Trinajstić information content (AvgIpc) is 3.02. The number of methoxy groups -OCH3 is 1. The SMILES string of the molecule is COCCN1CC(C(=O)N2CCC(CO)C2)CC1=O. The lowest BCUT2D eigenvalue weighted by atomic mass is 10.1. The molecule has 2 amide bonds. The molecule has 2 aliphatic heterocycles. The molecule has 6 heteroatoms. The normalized spacial score (nSPS) is 27.4. The number of aliphatic hydroxyl groups excluding tert-OH is 1. The fourth-order valence-corrected chi connectivity index (χ4v) is 2.80. The maximum atomic E-state index is 12.3. The monoisotopic (exact) mass is 270 g/mol. The Bertz CT molecular complexity index is 348.